The van der Waals surface area contributed by atoms with Gasteiger partial charge in [0.15, 0.2) is 0 Å². The number of carbonyl (C=O) groups excluding carboxylic acids is 1. The van der Waals surface area contributed by atoms with Crippen LogP contribution in [0.2, 0.25) is 0 Å². The molecule has 0 aliphatic rings. The zero-order valence-electron chi connectivity index (χ0n) is 12.8. The van der Waals surface area contributed by atoms with Gasteiger partial charge in [-0.15, -0.1) is 0 Å². The fourth-order valence-corrected chi connectivity index (χ4v) is 2.46. The van der Waals surface area contributed by atoms with Crippen molar-refractivity contribution in [1.29, 1.82) is 0 Å². The standard InChI is InChI=1S/C18H22N2O/c1-12-4-9-17(13(2)10-12)14(3)20-18(21)16-7-5-15(11-19)6-8-16/h4-10,14H,11,19H2,1-3H3,(H,20,21). The van der Waals surface area contributed by atoms with E-state index in [4.69, 9.17) is 5.73 Å². The number of hydrogen-bond acceptors (Lipinski definition) is 2. The predicted molar refractivity (Wildman–Crippen MR) is 86.1 cm³/mol. The van der Waals surface area contributed by atoms with Gasteiger partial charge in [0.2, 0.25) is 0 Å². The fourth-order valence-electron chi connectivity index (χ4n) is 2.46. The molecule has 2 rings (SSSR count). The van der Waals surface area contributed by atoms with Crippen LogP contribution in [-0.2, 0) is 6.54 Å². The van der Waals surface area contributed by atoms with Gasteiger partial charge in [-0.3, -0.25) is 4.79 Å². The Hall–Kier alpha value is -2.13. The van der Waals surface area contributed by atoms with Crippen LogP contribution in [0.15, 0.2) is 42.5 Å². The molecule has 2 aromatic rings. The molecule has 0 aliphatic heterocycles. The quantitative estimate of drug-likeness (QED) is 0.904. The molecular weight excluding hydrogens is 260 g/mol. The molecule has 1 unspecified atom stereocenters. The number of carbonyl (C=O) groups is 1. The first-order chi connectivity index (χ1) is 10.0. The van der Waals surface area contributed by atoms with Gasteiger partial charge in [-0.1, -0.05) is 35.9 Å². The van der Waals surface area contributed by atoms with Crippen molar-refractivity contribution < 1.29 is 4.79 Å². The van der Waals surface area contributed by atoms with Gasteiger partial charge in [-0.05, 0) is 49.6 Å². The summed E-state index contributed by atoms with van der Waals surface area (Å²) in [6.45, 7) is 6.63. The highest BCUT2D eigenvalue weighted by molar-refractivity contribution is 5.94. The third kappa shape index (κ3) is 3.70. The number of benzene rings is 2. The second-order valence-electron chi connectivity index (χ2n) is 5.46. The molecular formula is C18H22N2O. The highest BCUT2D eigenvalue weighted by atomic mass is 16.1. The average Bonchev–Trinajstić information content (AvgIpc) is 2.47. The normalized spacial score (nSPS) is 12.0. The summed E-state index contributed by atoms with van der Waals surface area (Å²) in [5.41, 5.74) is 10.8. The highest BCUT2D eigenvalue weighted by Crippen LogP contribution is 2.19. The third-order valence-electron chi connectivity index (χ3n) is 3.69. The van der Waals surface area contributed by atoms with Gasteiger partial charge in [0.25, 0.3) is 5.91 Å². The maximum Gasteiger partial charge on any atom is 0.251 e. The lowest BCUT2D eigenvalue weighted by molar-refractivity contribution is 0.0940. The minimum atomic E-state index is -0.0638. The van der Waals surface area contributed by atoms with Crippen molar-refractivity contribution in [3.05, 3.63) is 70.3 Å². The van der Waals surface area contributed by atoms with Crippen LogP contribution < -0.4 is 11.1 Å². The summed E-state index contributed by atoms with van der Waals surface area (Å²) in [4.78, 5) is 12.3. The Morgan fingerprint density at radius 1 is 1.14 bits per heavy atom. The van der Waals surface area contributed by atoms with Crippen molar-refractivity contribution in [2.75, 3.05) is 0 Å². The van der Waals surface area contributed by atoms with E-state index in [1.165, 1.54) is 11.1 Å². The molecule has 3 nitrogen and oxygen atoms in total. The lowest BCUT2D eigenvalue weighted by atomic mass is 10.00. The van der Waals surface area contributed by atoms with E-state index in [0.29, 0.717) is 12.1 Å². The van der Waals surface area contributed by atoms with E-state index in [1.807, 2.05) is 31.2 Å². The maximum atomic E-state index is 12.3. The van der Waals surface area contributed by atoms with Crippen LogP contribution in [-0.4, -0.2) is 5.91 Å². The van der Waals surface area contributed by atoms with Crippen LogP contribution in [0.4, 0.5) is 0 Å². The largest absolute Gasteiger partial charge is 0.346 e. The monoisotopic (exact) mass is 282 g/mol. The first-order valence-corrected chi connectivity index (χ1v) is 7.18. The van der Waals surface area contributed by atoms with E-state index in [2.05, 4.69) is 37.4 Å². The smallest absolute Gasteiger partial charge is 0.251 e. The fraction of sp³-hybridized carbons (Fsp3) is 0.278. The average molecular weight is 282 g/mol. The molecule has 0 radical (unpaired) electrons. The zero-order valence-corrected chi connectivity index (χ0v) is 12.8. The number of rotatable bonds is 4. The van der Waals surface area contributed by atoms with E-state index >= 15 is 0 Å². The summed E-state index contributed by atoms with van der Waals surface area (Å²) < 4.78 is 0. The molecule has 0 saturated carbocycles. The molecule has 21 heavy (non-hydrogen) atoms. The van der Waals surface area contributed by atoms with Crippen LogP contribution in [0.5, 0.6) is 0 Å². The van der Waals surface area contributed by atoms with E-state index < -0.39 is 0 Å². The van der Waals surface area contributed by atoms with Crippen molar-refractivity contribution in [1.82, 2.24) is 5.32 Å². The molecule has 0 aromatic heterocycles. The van der Waals surface area contributed by atoms with E-state index in [9.17, 15) is 4.79 Å². The minimum Gasteiger partial charge on any atom is -0.346 e. The Bertz CT molecular complexity index is 632. The molecule has 1 atom stereocenters. The van der Waals surface area contributed by atoms with Crippen LogP contribution in [0.3, 0.4) is 0 Å². The SMILES string of the molecule is Cc1ccc(C(C)NC(=O)c2ccc(CN)cc2)c(C)c1. The van der Waals surface area contributed by atoms with Crippen LogP contribution in [0.25, 0.3) is 0 Å². The van der Waals surface area contributed by atoms with E-state index in [1.54, 1.807) is 0 Å². The summed E-state index contributed by atoms with van der Waals surface area (Å²) in [7, 11) is 0. The molecule has 0 saturated heterocycles. The maximum absolute atomic E-state index is 12.3. The summed E-state index contributed by atoms with van der Waals surface area (Å²) in [5.74, 6) is -0.0638. The van der Waals surface area contributed by atoms with Crippen molar-refractivity contribution in [2.45, 2.75) is 33.4 Å². The van der Waals surface area contributed by atoms with Crippen LogP contribution >= 0.6 is 0 Å². The number of nitrogens with one attached hydrogen (secondary N) is 1. The lowest BCUT2D eigenvalue weighted by Crippen LogP contribution is -2.27. The topological polar surface area (TPSA) is 55.1 Å². The van der Waals surface area contributed by atoms with Gasteiger partial charge >= 0.3 is 0 Å². The lowest BCUT2D eigenvalue weighted by Gasteiger charge is -2.17. The Morgan fingerprint density at radius 3 is 2.38 bits per heavy atom. The third-order valence-corrected chi connectivity index (χ3v) is 3.69. The summed E-state index contributed by atoms with van der Waals surface area (Å²) >= 11 is 0. The predicted octanol–water partition coefficient (Wildman–Crippen LogP) is 3.25. The number of aryl methyl sites for hydroxylation is 2. The van der Waals surface area contributed by atoms with Gasteiger partial charge < -0.3 is 11.1 Å². The first-order valence-electron chi connectivity index (χ1n) is 7.18. The number of amides is 1. The number of nitrogens with two attached hydrogens (primary N) is 1. The molecule has 3 heteroatoms. The Morgan fingerprint density at radius 2 is 1.81 bits per heavy atom. The first kappa shape index (κ1) is 15.3. The van der Waals surface area contributed by atoms with Crippen molar-refractivity contribution in [2.24, 2.45) is 5.73 Å². The summed E-state index contributed by atoms with van der Waals surface area (Å²) in [6, 6.07) is 13.7. The zero-order chi connectivity index (χ0) is 15.4. The summed E-state index contributed by atoms with van der Waals surface area (Å²) in [5, 5.41) is 3.04. The van der Waals surface area contributed by atoms with E-state index in [0.717, 1.165) is 11.1 Å². The second kappa shape index (κ2) is 6.55. The van der Waals surface area contributed by atoms with E-state index in [-0.39, 0.29) is 11.9 Å². The van der Waals surface area contributed by atoms with Gasteiger partial charge in [-0.2, -0.15) is 0 Å². The van der Waals surface area contributed by atoms with Crippen LogP contribution in [0.1, 0.15) is 45.6 Å². The molecule has 1 amide bonds. The Kier molecular flexibility index (Phi) is 4.76. The van der Waals surface area contributed by atoms with Crippen molar-refractivity contribution in [3.8, 4) is 0 Å². The number of hydrogen-bond donors (Lipinski definition) is 2. The van der Waals surface area contributed by atoms with Crippen molar-refractivity contribution in [3.63, 3.8) is 0 Å². The molecule has 110 valence electrons. The second-order valence-corrected chi connectivity index (χ2v) is 5.46. The molecule has 0 spiro atoms. The van der Waals surface area contributed by atoms with Gasteiger partial charge in [0.1, 0.15) is 0 Å². The van der Waals surface area contributed by atoms with Gasteiger partial charge in [0, 0.05) is 12.1 Å². The van der Waals surface area contributed by atoms with Crippen molar-refractivity contribution >= 4 is 5.91 Å². The van der Waals surface area contributed by atoms with Gasteiger partial charge in [-0.25, -0.2) is 0 Å². The molecule has 3 N–H and O–H groups in total. The molecule has 0 heterocycles. The van der Waals surface area contributed by atoms with Gasteiger partial charge in [0.05, 0.1) is 6.04 Å². The molecule has 0 bridgehead atoms. The highest BCUT2D eigenvalue weighted by Gasteiger charge is 2.13. The Labute approximate surface area is 126 Å². The molecule has 0 fully saturated rings. The molecule has 2 aromatic carbocycles. The molecule has 0 aliphatic carbocycles. The minimum absolute atomic E-state index is 0.0210. The van der Waals surface area contributed by atoms with Crippen LogP contribution in [0, 0.1) is 13.8 Å². The summed E-state index contributed by atoms with van der Waals surface area (Å²) in [6.07, 6.45) is 0. The Balaban J connectivity index is 2.10.